The molecule has 5 nitrogen and oxygen atoms in total. The summed E-state index contributed by atoms with van der Waals surface area (Å²) >= 11 is 0. The molecule has 0 bridgehead atoms. The summed E-state index contributed by atoms with van der Waals surface area (Å²) in [6.07, 6.45) is 0. The fourth-order valence-electron chi connectivity index (χ4n) is 3.07. The van der Waals surface area contributed by atoms with E-state index in [1.165, 1.54) is 30.2 Å². The van der Waals surface area contributed by atoms with Gasteiger partial charge in [-0.2, -0.15) is 0 Å². The molecule has 0 amide bonds. The third-order valence-electron chi connectivity index (χ3n) is 4.67. The van der Waals surface area contributed by atoms with Gasteiger partial charge in [0.15, 0.2) is 23.3 Å². The fourth-order valence-corrected chi connectivity index (χ4v) is 3.62. The van der Waals surface area contributed by atoms with Gasteiger partial charge >= 0.3 is 0 Å². The number of nitrogens with zero attached hydrogens (tertiary/aromatic N) is 1. The predicted molar refractivity (Wildman–Crippen MR) is 107 cm³/mol. The zero-order valence-corrected chi connectivity index (χ0v) is 17.4. The summed E-state index contributed by atoms with van der Waals surface area (Å²) in [7, 11) is -2.68. The SMILES string of the molecule is COc1cccc(CN(Cc2c(F)c(F)c(F)c(F)c2F)c2cccc(S(N)(=O)=O)c2)c1. The molecular weight excluding hydrogens is 455 g/mol. The van der Waals surface area contributed by atoms with Gasteiger partial charge in [-0.3, -0.25) is 0 Å². The molecule has 0 saturated heterocycles. The summed E-state index contributed by atoms with van der Waals surface area (Å²) in [6.45, 7) is -0.832. The second kappa shape index (κ2) is 9.13. The summed E-state index contributed by atoms with van der Waals surface area (Å²) in [5, 5.41) is 5.15. The van der Waals surface area contributed by atoms with Crippen LogP contribution in [0.4, 0.5) is 27.6 Å². The molecule has 0 atom stereocenters. The number of ether oxygens (including phenoxy) is 1. The maximum atomic E-state index is 14.3. The molecule has 0 fully saturated rings. The quantitative estimate of drug-likeness (QED) is 0.317. The van der Waals surface area contributed by atoms with Crippen molar-refractivity contribution in [2.45, 2.75) is 18.0 Å². The molecule has 3 aromatic rings. The van der Waals surface area contributed by atoms with Gasteiger partial charge in [0.2, 0.25) is 15.8 Å². The van der Waals surface area contributed by atoms with Crippen LogP contribution < -0.4 is 14.8 Å². The van der Waals surface area contributed by atoms with Crippen molar-refractivity contribution >= 4 is 15.7 Å². The van der Waals surface area contributed by atoms with E-state index in [1.807, 2.05) is 0 Å². The molecule has 0 saturated carbocycles. The van der Waals surface area contributed by atoms with Crippen molar-refractivity contribution < 1.29 is 35.1 Å². The highest BCUT2D eigenvalue weighted by Crippen LogP contribution is 2.29. The summed E-state index contributed by atoms with van der Waals surface area (Å²) in [6, 6.07) is 11.7. The largest absolute Gasteiger partial charge is 0.497 e. The molecule has 0 heterocycles. The maximum absolute atomic E-state index is 14.3. The molecule has 3 aromatic carbocycles. The van der Waals surface area contributed by atoms with Crippen molar-refractivity contribution in [2.75, 3.05) is 12.0 Å². The first kappa shape index (κ1) is 23.5. The first-order chi connectivity index (χ1) is 15.0. The van der Waals surface area contributed by atoms with E-state index < -0.39 is 51.2 Å². The minimum Gasteiger partial charge on any atom is -0.497 e. The van der Waals surface area contributed by atoms with Crippen molar-refractivity contribution in [1.82, 2.24) is 0 Å². The van der Waals surface area contributed by atoms with Crippen LogP contribution in [0.25, 0.3) is 0 Å². The van der Waals surface area contributed by atoms with Crippen LogP contribution in [-0.2, 0) is 23.1 Å². The van der Waals surface area contributed by atoms with E-state index in [0.29, 0.717) is 11.3 Å². The Morgan fingerprint density at radius 2 is 1.44 bits per heavy atom. The van der Waals surface area contributed by atoms with E-state index in [4.69, 9.17) is 9.88 Å². The van der Waals surface area contributed by atoms with Crippen LogP contribution in [0, 0.1) is 29.1 Å². The average molecular weight is 472 g/mol. The Hall–Kier alpha value is -3.18. The first-order valence-corrected chi connectivity index (χ1v) is 10.6. The Kier molecular flexibility index (Phi) is 6.70. The predicted octanol–water partition coefficient (Wildman–Crippen LogP) is 4.24. The third kappa shape index (κ3) is 4.83. The summed E-state index contributed by atoms with van der Waals surface area (Å²) in [4.78, 5) is 0.963. The van der Waals surface area contributed by atoms with E-state index in [2.05, 4.69) is 0 Å². The minimum atomic E-state index is -4.12. The zero-order chi connectivity index (χ0) is 23.6. The second-order valence-corrected chi connectivity index (χ2v) is 8.36. The standard InChI is InChI=1S/C21H17F5N2O3S/c1-31-14-6-2-4-12(8-14)10-28(13-5-3-7-15(9-13)32(27,29)30)11-16-17(22)19(24)21(26)20(25)18(16)23/h2-9H,10-11H2,1H3,(H2,27,29,30). The molecule has 11 heteroatoms. The van der Waals surface area contributed by atoms with Gasteiger partial charge in [-0.1, -0.05) is 18.2 Å². The van der Waals surface area contributed by atoms with E-state index in [1.54, 1.807) is 24.3 Å². The van der Waals surface area contributed by atoms with Crippen LogP contribution in [0.3, 0.4) is 0 Å². The highest BCUT2D eigenvalue weighted by Gasteiger charge is 2.27. The number of primary sulfonamides is 1. The monoisotopic (exact) mass is 472 g/mol. The molecule has 170 valence electrons. The van der Waals surface area contributed by atoms with Crippen LogP contribution in [0.1, 0.15) is 11.1 Å². The molecule has 0 aliphatic heterocycles. The zero-order valence-electron chi connectivity index (χ0n) is 16.6. The lowest BCUT2D eigenvalue weighted by molar-refractivity contribution is 0.369. The lowest BCUT2D eigenvalue weighted by atomic mass is 10.1. The molecule has 3 rings (SSSR count). The molecule has 0 aliphatic carbocycles. The van der Waals surface area contributed by atoms with E-state index in [9.17, 15) is 30.4 Å². The van der Waals surface area contributed by atoms with Crippen molar-refractivity contribution in [3.8, 4) is 5.75 Å². The fraction of sp³-hybridized carbons (Fsp3) is 0.143. The van der Waals surface area contributed by atoms with Crippen molar-refractivity contribution in [3.63, 3.8) is 0 Å². The smallest absolute Gasteiger partial charge is 0.238 e. The highest BCUT2D eigenvalue weighted by molar-refractivity contribution is 7.89. The summed E-state index contributed by atoms with van der Waals surface area (Å²) in [5.74, 6) is -9.88. The van der Waals surface area contributed by atoms with Crippen LogP contribution in [0.2, 0.25) is 0 Å². The van der Waals surface area contributed by atoms with Crippen molar-refractivity contribution in [3.05, 3.63) is 88.7 Å². The van der Waals surface area contributed by atoms with Gasteiger partial charge in [0.1, 0.15) is 5.75 Å². The number of anilines is 1. The van der Waals surface area contributed by atoms with Crippen LogP contribution in [-0.4, -0.2) is 15.5 Å². The maximum Gasteiger partial charge on any atom is 0.238 e. The number of rotatable bonds is 7. The second-order valence-electron chi connectivity index (χ2n) is 6.80. The van der Waals surface area contributed by atoms with E-state index in [-0.39, 0.29) is 17.1 Å². The number of hydrogen-bond acceptors (Lipinski definition) is 4. The Bertz CT molecular complexity index is 1240. The van der Waals surface area contributed by atoms with Gasteiger partial charge in [0.05, 0.1) is 12.0 Å². The topological polar surface area (TPSA) is 72.6 Å². The van der Waals surface area contributed by atoms with Crippen molar-refractivity contribution in [2.24, 2.45) is 5.14 Å². The Labute approximate surface area is 180 Å². The number of nitrogens with two attached hydrogens (primary N) is 1. The Balaban J connectivity index is 2.12. The molecule has 0 radical (unpaired) electrons. The van der Waals surface area contributed by atoms with Gasteiger partial charge in [0.25, 0.3) is 0 Å². The van der Waals surface area contributed by atoms with Crippen LogP contribution >= 0.6 is 0 Å². The number of halogens is 5. The molecule has 0 aromatic heterocycles. The lowest BCUT2D eigenvalue weighted by Gasteiger charge is -2.26. The molecule has 0 aliphatic rings. The minimum absolute atomic E-state index is 0.0786. The summed E-state index contributed by atoms with van der Waals surface area (Å²) < 4.78 is 98.1. The van der Waals surface area contributed by atoms with E-state index in [0.717, 1.165) is 6.07 Å². The Morgan fingerprint density at radius 1 is 0.844 bits per heavy atom. The first-order valence-electron chi connectivity index (χ1n) is 9.04. The van der Waals surface area contributed by atoms with Gasteiger partial charge in [-0.25, -0.2) is 35.5 Å². The number of hydrogen-bond donors (Lipinski definition) is 1. The van der Waals surface area contributed by atoms with Gasteiger partial charge < -0.3 is 9.64 Å². The third-order valence-corrected chi connectivity index (χ3v) is 5.58. The van der Waals surface area contributed by atoms with E-state index >= 15 is 0 Å². The lowest BCUT2D eigenvalue weighted by Crippen LogP contribution is -2.25. The average Bonchev–Trinajstić information content (AvgIpc) is 2.78. The number of sulfonamides is 1. The van der Waals surface area contributed by atoms with Gasteiger partial charge in [-0.15, -0.1) is 0 Å². The number of benzene rings is 3. The molecule has 0 spiro atoms. The van der Waals surface area contributed by atoms with Gasteiger partial charge in [0, 0.05) is 24.3 Å². The van der Waals surface area contributed by atoms with Crippen molar-refractivity contribution in [1.29, 1.82) is 0 Å². The molecule has 2 N–H and O–H groups in total. The Morgan fingerprint density at radius 3 is 2.03 bits per heavy atom. The van der Waals surface area contributed by atoms with Crippen LogP contribution in [0.15, 0.2) is 53.4 Å². The van der Waals surface area contributed by atoms with Gasteiger partial charge in [-0.05, 0) is 35.9 Å². The molecule has 32 heavy (non-hydrogen) atoms. The molecular formula is C21H17F5N2O3S. The number of methoxy groups -OCH3 is 1. The molecule has 0 unspecified atom stereocenters. The highest BCUT2D eigenvalue weighted by atomic mass is 32.2. The normalized spacial score (nSPS) is 11.5. The van der Waals surface area contributed by atoms with Crippen LogP contribution in [0.5, 0.6) is 5.75 Å². The summed E-state index contributed by atoms with van der Waals surface area (Å²) in [5.41, 5.74) is -0.372.